The van der Waals surface area contributed by atoms with E-state index in [0.717, 1.165) is 11.1 Å². The molecule has 0 aliphatic carbocycles. The number of benzene rings is 1. The molecule has 0 amide bonds. The molecule has 0 saturated carbocycles. The van der Waals surface area contributed by atoms with Gasteiger partial charge in [-0.15, -0.1) is 0 Å². The number of carboxylic acid groups (broad SMARTS) is 1. The van der Waals surface area contributed by atoms with Crippen molar-refractivity contribution in [3.05, 3.63) is 27.8 Å². The molecular weight excluding hydrogens is 228 g/mol. The Hall–Kier alpha value is -1.22. The van der Waals surface area contributed by atoms with Crippen LogP contribution in [0.25, 0.3) is 0 Å². The Morgan fingerprint density at radius 2 is 2.00 bits per heavy atom. The van der Waals surface area contributed by atoms with Crippen LogP contribution in [-0.2, 0) is 4.79 Å². The van der Waals surface area contributed by atoms with Gasteiger partial charge in [-0.05, 0) is 38.0 Å². The second kappa shape index (κ2) is 4.74. The van der Waals surface area contributed by atoms with Crippen LogP contribution in [0.3, 0.4) is 0 Å². The lowest BCUT2D eigenvalue weighted by atomic mass is 9.95. The monoisotopic (exact) mass is 242 g/mol. The first-order chi connectivity index (χ1) is 7.40. The van der Waals surface area contributed by atoms with Crippen molar-refractivity contribution in [2.75, 3.05) is 7.11 Å². The van der Waals surface area contributed by atoms with Crippen molar-refractivity contribution in [3.8, 4) is 5.75 Å². The van der Waals surface area contributed by atoms with Gasteiger partial charge in [0.2, 0.25) is 0 Å². The molecule has 16 heavy (non-hydrogen) atoms. The number of hydrogen-bond acceptors (Lipinski definition) is 2. The average Bonchev–Trinajstić information content (AvgIpc) is 2.24. The first-order valence-electron chi connectivity index (χ1n) is 4.96. The van der Waals surface area contributed by atoms with Crippen LogP contribution in [0.4, 0.5) is 0 Å². The van der Waals surface area contributed by atoms with Gasteiger partial charge in [0.25, 0.3) is 0 Å². The maximum atomic E-state index is 11.0. The van der Waals surface area contributed by atoms with Gasteiger partial charge in [0.1, 0.15) is 5.75 Å². The predicted octanol–water partition coefficient (Wildman–Crippen LogP) is 3.15. The Kier molecular flexibility index (Phi) is 3.81. The van der Waals surface area contributed by atoms with E-state index in [1.54, 1.807) is 13.0 Å². The minimum atomic E-state index is -0.891. The van der Waals surface area contributed by atoms with Gasteiger partial charge in [-0.25, -0.2) is 0 Å². The summed E-state index contributed by atoms with van der Waals surface area (Å²) in [5, 5.41) is 9.58. The Labute approximate surface area is 100.0 Å². The van der Waals surface area contributed by atoms with E-state index in [1.165, 1.54) is 7.11 Å². The Bertz CT molecular complexity index is 427. The Morgan fingerprint density at radius 3 is 2.44 bits per heavy atom. The zero-order valence-corrected chi connectivity index (χ0v) is 10.6. The molecule has 0 bridgehead atoms. The summed E-state index contributed by atoms with van der Waals surface area (Å²) in [4.78, 5) is 11.0. The van der Waals surface area contributed by atoms with Gasteiger partial charge < -0.3 is 9.84 Å². The van der Waals surface area contributed by atoms with Crippen molar-refractivity contribution in [3.63, 3.8) is 0 Å². The molecule has 0 spiro atoms. The molecule has 1 atom stereocenters. The smallest absolute Gasteiger partial charge is 0.310 e. The van der Waals surface area contributed by atoms with E-state index in [0.29, 0.717) is 16.3 Å². The van der Waals surface area contributed by atoms with E-state index in [4.69, 9.17) is 21.4 Å². The van der Waals surface area contributed by atoms with Crippen LogP contribution in [0.15, 0.2) is 6.07 Å². The molecule has 0 fully saturated rings. The van der Waals surface area contributed by atoms with Gasteiger partial charge in [0, 0.05) is 10.6 Å². The fourth-order valence-electron chi connectivity index (χ4n) is 1.60. The summed E-state index contributed by atoms with van der Waals surface area (Å²) < 4.78 is 5.26. The molecule has 1 aromatic rings. The maximum Gasteiger partial charge on any atom is 0.310 e. The highest BCUT2D eigenvalue weighted by Gasteiger charge is 2.21. The van der Waals surface area contributed by atoms with Gasteiger partial charge >= 0.3 is 5.97 Å². The number of ether oxygens (including phenoxy) is 1. The molecule has 0 aromatic heterocycles. The largest absolute Gasteiger partial charge is 0.496 e. The van der Waals surface area contributed by atoms with Gasteiger partial charge in [-0.2, -0.15) is 0 Å². The fourth-order valence-corrected chi connectivity index (χ4v) is 1.86. The average molecular weight is 243 g/mol. The minimum absolute atomic E-state index is 0.571. The normalized spacial score (nSPS) is 12.3. The third kappa shape index (κ3) is 2.14. The lowest BCUT2D eigenvalue weighted by Gasteiger charge is -2.17. The first-order valence-corrected chi connectivity index (χ1v) is 5.34. The second-order valence-electron chi connectivity index (χ2n) is 3.79. The topological polar surface area (TPSA) is 46.5 Å². The fraction of sp³-hybridized carbons (Fsp3) is 0.417. The molecule has 1 aromatic carbocycles. The van der Waals surface area contributed by atoms with Crippen LogP contribution in [0, 0.1) is 13.8 Å². The van der Waals surface area contributed by atoms with Crippen molar-refractivity contribution >= 4 is 17.6 Å². The van der Waals surface area contributed by atoms with Crippen LogP contribution in [0.2, 0.25) is 5.02 Å². The Balaban J connectivity index is 3.44. The molecular formula is C12H15ClO3. The SMILES string of the molecule is COc1c(C(C)C(=O)O)cc(Cl)c(C)c1C. The third-order valence-corrected chi connectivity index (χ3v) is 3.24. The van der Waals surface area contributed by atoms with Crippen molar-refractivity contribution < 1.29 is 14.6 Å². The number of halogens is 1. The quantitative estimate of drug-likeness (QED) is 0.886. The lowest BCUT2D eigenvalue weighted by Crippen LogP contribution is -2.10. The zero-order valence-electron chi connectivity index (χ0n) is 9.80. The summed E-state index contributed by atoms with van der Waals surface area (Å²) in [6.07, 6.45) is 0. The zero-order chi connectivity index (χ0) is 12.5. The second-order valence-corrected chi connectivity index (χ2v) is 4.20. The van der Waals surface area contributed by atoms with E-state index in [-0.39, 0.29) is 0 Å². The molecule has 1 rings (SSSR count). The molecule has 0 heterocycles. The van der Waals surface area contributed by atoms with E-state index < -0.39 is 11.9 Å². The van der Waals surface area contributed by atoms with Crippen LogP contribution in [0.5, 0.6) is 5.75 Å². The highest BCUT2D eigenvalue weighted by atomic mass is 35.5. The number of carboxylic acids is 1. The molecule has 0 saturated heterocycles. The lowest BCUT2D eigenvalue weighted by molar-refractivity contribution is -0.138. The summed E-state index contributed by atoms with van der Waals surface area (Å²) in [5.74, 6) is -0.916. The van der Waals surface area contributed by atoms with Crippen LogP contribution >= 0.6 is 11.6 Å². The van der Waals surface area contributed by atoms with Crippen molar-refractivity contribution in [1.29, 1.82) is 0 Å². The number of carbonyl (C=O) groups is 1. The van der Waals surface area contributed by atoms with Crippen molar-refractivity contribution in [2.24, 2.45) is 0 Å². The molecule has 0 aliphatic heterocycles. The van der Waals surface area contributed by atoms with Gasteiger partial charge in [-0.1, -0.05) is 11.6 Å². The van der Waals surface area contributed by atoms with E-state index in [2.05, 4.69) is 0 Å². The third-order valence-electron chi connectivity index (χ3n) is 2.85. The summed E-state index contributed by atoms with van der Waals surface area (Å²) >= 11 is 6.05. The summed E-state index contributed by atoms with van der Waals surface area (Å²) in [6.45, 7) is 5.37. The van der Waals surface area contributed by atoms with Crippen LogP contribution < -0.4 is 4.74 Å². The maximum absolute atomic E-state index is 11.0. The van der Waals surface area contributed by atoms with Gasteiger partial charge in [0.15, 0.2) is 0 Å². The number of hydrogen-bond donors (Lipinski definition) is 1. The highest BCUT2D eigenvalue weighted by Crippen LogP contribution is 2.36. The first kappa shape index (κ1) is 12.8. The van der Waals surface area contributed by atoms with Gasteiger partial charge in [0.05, 0.1) is 13.0 Å². The summed E-state index contributed by atoms with van der Waals surface area (Å²) in [6, 6.07) is 1.67. The summed E-state index contributed by atoms with van der Waals surface area (Å²) in [5.41, 5.74) is 2.42. The van der Waals surface area contributed by atoms with E-state index in [1.807, 2.05) is 13.8 Å². The molecule has 88 valence electrons. The highest BCUT2D eigenvalue weighted by molar-refractivity contribution is 6.31. The molecule has 1 N–H and O–H groups in total. The van der Waals surface area contributed by atoms with E-state index in [9.17, 15) is 4.79 Å². The number of aliphatic carboxylic acids is 1. The Morgan fingerprint density at radius 1 is 1.44 bits per heavy atom. The van der Waals surface area contributed by atoms with Crippen molar-refractivity contribution in [2.45, 2.75) is 26.7 Å². The van der Waals surface area contributed by atoms with Crippen LogP contribution in [-0.4, -0.2) is 18.2 Å². The predicted molar refractivity (Wildman–Crippen MR) is 63.5 cm³/mol. The molecule has 1 unspecified atom stereocenters. The molecule has 3 nitrogen and oxygen atoms in total. The number of rotatable bonds is 3. The minimum Gasteiger partial charge on any atom is -0.496 e. The van der Waals surface area contributed by atoms with Gasteiger partial charge in [-0.3, -0.25) is 4.79 Å². The molecule has 0 radical (unpaired) electrons. The summed E-state index contributed by atoms with van der Waals surface area (Å²) in [7, 11) is 1.54. The molecule has 4 heteroatoms. The number of methoxy groups -OCH3 is 1. The standard InChI is InChI=1S/C12H15ClO3/c1-6-7(2)11(16-4)9(5-10(6)13)8(3)12(14)15/h5,8H,1-4H3,(H,14,15). The molecule has 0 aliphatic rings. The van der Waals surface area contributed by atoms with Crippen LogP contribution in [0.1, 0.15) is 29.5 Å². The van der Waals surface area contributed by atoms with Crippen molar-refractivity contribution in [1.82, 2.24) is 0 Å². The van der Waals surface area contributed by atoms with E-state index >= 15 is 0 Å².